The number of halogens is 2. The summed E-state index contributed by atoms with van der Waals surface area (Å²) in [5.74, 6) is -0.961. The summed E-state index contributed by atoms with van der Waals surface area (Å²) < 4.78 is 20.2. The highest BCUT2D eigenvalue weighted by Crippen LogP contribution is 2.37. The quantitative estimate of drug-likeness (QED) is 0.208. The predicted octanol–water partition coefficient (Wildman–Crippen LogP) is 5.83. The molecule has 2 aromatic carbocycles. The Morgan fingerprint density at radius 3 is 2.30 bits per heavy atom. The number of benzene rings is 2. The lowest BCUT2D eigenvalue weighted by atomic mass is 10.1. The van der Waals surface area contributed by atoms with E-state index in [4.69, 9.17) is 25.8 Å². The SMILES string of the molecule is Cc1ccc(C(=O)OC[C@H]2O[C@@H](n3cc(Br)c4c(Cl)ncnc43)C[C@@H]2OC(=O)c2ccc(C)cc2)cc1. The van der Waals surface area contributed by atoms with Crippen LogP contribution in [0.25, 0.3) is 11.0 Å². The molecule has 3 heterocycles. The molecule has 0 aliphatic carbocycles. The molecule has 0 saturated carbocycles. The standard InChI is InChI=1S/C27H23BrClN3O5/c1-15-3-7-17(8-4-15)26(33)35-13-21-20(37-27(34)18-9-5-16(2)6-10-18)11-22(36-21)32-12-19(28)23-24(29)30-14-31-25(23)32/h3-10,12,14,20-22H,11,13H2,1-2H3/t20-,21+,22+/m0/s1. The largest absolute Gasteiger partial charge is 0.459 e. The molecule has 0 bridgehead atoms. The molecule has 0 radical (unpaired) electrons. The van der Waals surface area contributed by atoms with Crippen LogP contribution >= 0.6 is 27.5 Å². The molecule has 0 unspecified atom stereocenters. The number of hydrogen-bond donors (Lipinski definition) is 0. The highest BCUT2D eigenvalue weighted by Gasteiger charge is 2.40. The van der Waals surface area contributed by atoms with Crippen LogP contribution in [0, 0.1) is 13.8 Å². The van der Waals surface area contributed by atoms with Gasteiger partial charge in [0.05, 0.1) is 16.5 Å². The topological polar surface area (TPSA) is 92.5 Å². The van der Waals surface area contributed by atoms with E-state index in [-0.39, 0.29) is 6.61 Å². The van der Waals surface area contributed by atoms with Crippen molar-refractivity contribution in [3.05, 3.63) is 92.9 Å². The maximum absolute atomic E-state index is 12.9. The van der Waals surface area contributed by atoms with Gasteiger partial charge in [-0.05, 0) is 54.0 Å². The molecule has 1 aliphatic heterocycles. The van der Waals surface area contributed by atoms with Gasteiger partial charge < -0.3 is 18.8 Å². The van der Waals surface area contributed by atoms with Crippen molar-refractivity contribution in [3.63, 3.8) is 0 Å². The molecule has 37 heavy (non-hydrogen) atoms. The third kappa shape index (κ3) is 5.39. The van der Waals surface area contributed by atoms with E-state index in [1.54, 1.807) is 30.5 Å². The van der Waals surface area contributed by atoms with Crippen molar-refractivity contribution in [2.45, 2.75) is 38.7 Å². The summed E-state index contributed by atoms with van der Waals surface area (Å²) in [4.78, 5) is 34.0. The van der Waals surface area contributed by atoms with E-state index in [1.807, 2.05) is 42.7 Å². The minimum Gasteiger partial charge on any atom is -0.459 e. The smallest absolute Gasteiger partial charge is 0.338 e. The molecule has 10 heteroatoms. The van der Waals surface area contributed by atoms with Crippen LogP contribution in [0.3, 0.4) is 0 Å². The van der Waals surface area contributed by atoms with Crippen LogP contribution in [0.1, 0.15) is 44.5 Å². The summed E-state index contributed by atoms with van der Waals surface area (Å²) in [6.07, 6.45) is 1.59. The van der Waals surface area contributed by atoms with Crippen LogP contribution in [0.4, 0.5) is 0 Å². The van der Waals surface area contributed by atoms with Gasteiger partial charge in [-0.25, -0.2) is 19.6 Å². The molecule has 0 spiro atoms. The number of fused-ring (bicyclic) bond motifs is 1. The normalized spacial score (nSPS) is 19.2. The summed E-state index contributed by atoms with van der Waals surface area (Å²) in [6.45, 7) is 3.79. The van der Waals surface area contributed by atoms with Crippen LogP contribution in [0.5, 0.6) is 0 Å². The first kappa shape index (κ1) is 25.4. The molecule has 5 rings (SSSR count). The summed E-state index contributed by atoms with van der Waals surface area (Å²) in [5.41, 5.74) is 3.50. The van der Waals surface area contributed by atoms with Crippen LogP contribution < -0.4 is 0 Å². The van der Waals surface area contributed by atoms with Gasteiger partial charge in [-0.1, -0.05) is 47.0 Å². The first-order valence-corrected chi connectivity index (χ1v) is 12.8. The van der Waals surface area contributed by atoms with E-state index in [0.29, 0.717) is 38.2 Å². The number of carbonyl (C=O) groups excluding carboxylic acids is 2. The van der Waals surface area contributed by atoms with Crippen LogP contribution in [-0.2, 0) is 14.2 Å². The Labute approximate surface area is 226 Å². The van der Waals surface area contributed by atoms with Crippen molar-refractivity contribution in [2.75, 3.05) is 6.61 Å². The van der Waals surface area contributed by atoms with Gasteiger partial charge in [0.15, 0.2) is 0 Å². The van der Waals surface area contributed by atoms with E-state index in [9.17, 15) is 9.59 Å². The number of aryl methyl sites for hydroxylation is 2. The zero-order valence-electron chi connectivity index (χ0n) is 20.1. The summed E-state index contributed by atoms with van der Waals surface area (Å²) in [7, 11) is 0. The number of esters is 2. The van der Waals surface area contributed by atoms with E-state index in [0.717, 1.165) is 11.1 Å². The van der Waals surface area contributed by atoms with E-state index < -0.39 is 30.4 Å². The highest BCUT2D eigenvalue weighted by atomic mass is 79.9. The number of ether oxygens (including phenoxy) is 3. The van der Waals surface area contributed by atoms with Crippen molar-refractivity contribution in [2.24, 2.45) is 0 Å². The Morgan fingerprint density at radius 2 is 1.65 bits per heavy atom. The second-order valence-electron chi connectivity index (χ2n) is 8.89. The fraction of sp³-hybridized carbons (Fsp3) is 0.259. The molecular weight excluding hydrogens is 562 g/mol. The van der Waals surface area contributed by atoms with Gasteiger partial charge in [0.25, 0.3) is 0 Å². The lowest BCUT2D eigenvalue weighted by Crippen LogP contribution is -2.32. The van der Waals surface area contributed by atoms with Crippen molar-refractivity contribution in [1.29, 1.82) is 0 Å². The average Bonchev–Trinajstić information content (AvgIpc) is 3.44. The molecule has 1 saturated heterocycles. The second kappa shape index (κ2) is 10.6. The molecule has 1 fully saturated rings. The Kier molecular flexibility index (Phi) is 7.28. The molecule has 8 nitrogen and oxygen atoms in total. The van der Waals surface area contributed by atoms with E-state index in [1.165, 1.54) is 6.33 Å². The first-order valence-electron chi connectivity index (χ1n) is 11.6. The van der Waals surface area contributed by atoms with Gasteiger partial charge >= 0.3 is 11.9 Å². The number of rotatable bonds is 6. The lowest BCUT2D eigenvalue weighted by molar-refractivity contribution is -0.0562. The Hall–Kier alpha value is -3.27. The maximum Gasteiger partial charge on any atom is 0.338 e. The summed E-state index contributed by atoms with van der Waals surface area (Å²) in [6, 6.07) is 14.2. The van der Waals surface area contributed by atoms with Gasteiger partial charge in [-0.15, -0.1) is 0 Å². The van der Waals surface area contributed by atoms with Crippen molar-refractivity contribution < 1.29 is 23.8 Å². The molecule has 0 N–H and O–H groups in total. The second-order valence-corrected chi connectivity index (χ2v) is 10.1. The monoisotopic (exact) mass is 583 g/mol. The number of aromatic nitrogens is 3. The first-order chi connectivity index (χ1) is 17.8. The van der Waals surface area contributed by atoms with Crippen molar-refractivity contribution in [3.8, 4) is 0 Å². The fourth-order valence-corrected chi connectivity index (χ4v) is 5.13. The molecule has 1 aliphatic rings. The Morgan fingerprint density at radius 1 is 1.03 bits per heavy atom. The van der Waals surface area contributed by atoms with Gasteiger partial charge in [-0.3, -0.25) is 0 Å². The van der Waals surface area contributed by atoms with Crippen molar-refractivity contribution >= 4 is 50.5 Å². The predicted molar refractivity (Wildman–Crippen MR) is 141 cm³/mol. The fourth-order valence-electron chi connectivity index (χ4n) is 4.20. The molecule has 4 aromatic rings. The zero-order valence-corrected chi connectivity index (χ0v) is 22.4. The van der Waals surface area contributed by atoms with E-state index in [2.05, 4.69) is 25.9 Å². The number of hydrogen-bond acceptors (Lipinski definition) is 7. The minimum atomic E-state index is -0.692. The highest BCUT2D eigenvalue weighted by molar-refractivity contribution is 9.10. The van der Waals surface area contributed by atoms with Crippen LogP contribution in [-0.4, -0.2) is 45.3 Å². The number of carbonyl (C=O) groups is 2. The Bertz CT molecular complexity index is 1460. The maximum atomic E-state index is 12.9. The van der Waals surface area contributed by atoms with Gasteiger partial charge in [0.1, 0.15) is 42.2 Å². The zero-order chi connectivity index (χ0) is 26.1. The van der Waals surface area contributed by atoms with Gasteiger partial charge in [0, 0.05) is 17.1 Å². The molecule has 3 atom stereocenters. The third-order valence-corrected chi connectivity index (χ3v) is 7.11. The third-order valence-electron chi connectivity index (χ3n) is 6.22. The lowest BCUT2D eigenvalue weighted by Gasteiger charge is -2.19. The molecular formula is C27H23BrClN3O5. The summed E-state index contributed by atoms with van der Waals surface area (Å²) >= 11 is 9.79. The van der Waals surface area contributed by atoms with Crippen molar-refractivity contribution in [1.82, 2.24) is 14.5 Å². The molecule has 0 amide bonds. The molecule has 190 valence electrons. The Balaban J connectivity index is 1.38. The summed E-state index contributed by atoms with van der Waals surface area (Å²) in [5, 5.41) is 0.953. The van der Waals surface area contributed by atoms with E-state index >= 15 is 0 Å². The number of nitrogens with zero attached hydrogens (tertiary/aromatic N) is 3. The molecule has 2 aromatic heterocycles. The minimum absolute atomic E-state index is 0.0921. The van der Waals surface area contributed by atoms with Crippen LogP contribution in [0.2, 0.25) is 5.15 Å². The van der Waals surface area contributed by atoms with Gasteiger partial charge in [-0.2, -0.15) is 0 Å². The average molecular weight is 585 g/mol. The van der Waals surface area contributed by atoms with Crippen LogP contribution in [0.15, 0.2) is 65.5 Å². The van der Waals surface area contributed by atoms with Gasteiger partial charge in [0.2, 0.25) is 0 Å².